The number of anilines is 2. The summed E-state index contributed by atoms with van der Waals surface area (Å²) >= 11 is 0. The maximum Gasteiger partial charge on any atom is 0.250 e. The topological polar surface area (TPSA) is 68.0 Å². The number of nitrogens with zero attached hydrogens (tertiary/aromatic N) is 5. The fraction of sp³-hybridized carbons (Fsp3) is 0.278. The maximum atomic E-state index is 12.8. The zero-order valence-electron chi connectivity index (χ0n) is 14.3. The zero-order chi connectivity index (χ0) is 17.4. The van der Waals surface area contributed by atoms with Crippen LogP contribution in [0, 0.1) is 0 Å². The van der Waals surface area contributed by atoms with Crippen LogP contribution in [0.25, 0.3) is 11.3 Å². The van der Waals surface area contributed by atoms with Crippen molar-refractivity contribution in [3.63, 3.8) is 0 Å². The van der Waals surface area contributed by atoms with Crippen LogP contribution in [-0.4, -0.2) is 38.1 Å². The SMILES string of the molecule is Cn1ccc(N2CCC(Nc3cnn(C)c3-c3ccccc3)C2=O)n1. The van der Waals surface area contributed by atoms with Crippen LogP contribution in [0.3, 0.4) is 0 Å². The molecule has 2 aromatic heterocycles. The van der Waals surface area contributed by atoms with E-state index in [-0.39, 0.29) is 11.9 Å². The number of hydrogen-bond acceptors (Lipinski definition) is 4. The molecular formula is C18H20N6O. The highest BCUT2D eigenvalue weighted by molar-refractivity contribution is 6.00. The van der Waals surface area contributed by atoms with Gasteiger partial charge in [-0.15, -0.1) is 0 Å². The number of carbonyl (C=O) groups is 1. The number of nitrogens with one attached hydrogen (secondary N) is 1. The van der Waals surface area contributed by atoms with Gasteiger partial charge in [0.05, 0.1) is 17.6 Å². The van der Waals surface area contributed by atoms with Gasteiger partial charge in [0.15, 0.2) is 5.82 Å². The molecule has 1 atom stereocenters. The summed E-state index contributed by atoms with van der Waals surface area (Å²) in [6.45, 7) is 0.661. The number of aromatic nitrogens is 4. The first-order valence-corrected chi connectivity index (χ1v) is 8.28. The largest absolute Gasteiger partial charge is 0.371 e. The molecule has 25 heavy (non-hydrogen) atoms. The van der Waals surface area contributed by atoms with Crippen molar-refractivity contribution in [3.05, 3.63) is 48.8 Å². The average molecular weight is 336 g/mol. The minimum absolute atomic E-state index is 0.0431. The smallest absolute Gasteiger partial charge is 0.250 e. The van der Waals surface area contributed by atoms with E-state index in [2.05, 4.69) is 15.5 Å². The van der Waals surface area contributed by atoms with Gasteiger partial charge in [-0.2, -0.15) is 10.2 Å². The van der Waals surface area contributed by atoms with Gasteiger partial charge in [0.1, 0.15) is 6.04 Å². The lowest BCUT2D eigenvalue weighted by molar-refractivity contribution is -0.117. The van der Waals surface area contributed by atoms with Crippen molar-refractivity contribution < 1.29 is 4.79 Å². The first-order valence-electron chi connectivity index (χ1n) is 8.28. The molecule has 0 spiro atoms. The normalized spacial score (nSPS) is 17.3. The molecule has 7 heteroatoms. The Labute approximate surface area is 145 Å². The minimum Gasteiger partial charge on any atom is -0.371 e. The summed E-state index contributed by atoms with van der Waals surface area (Å²) in [7, 11) is 3.76. The molecule has 0 radical (unpaired) electrons. The second-order valence-electron chi connectivity index (χ2n) is 6.22. The maximum absolute atomic E-state index is 12.8. The molecule has 0 bridgehead atoms. The number of aryl methyl sites for hydroxylation is 2. The summed E-state index contributed by atoms with van der Waals surface area (Å²) in [4.78, 5) is 14.5. The van der Waals surface area contributed by atoms with Gasteiger partial charge in [0.2, 0.25) is 0 Å². The first kappa shape index (κ1) is 15.4. The van der Waals surface area contributed by atoms with Crippen LogP contribution in [0.2, 0.25) is 0 Å². The van der Waals surface area contributed by atoms with Crippen LogP contribution in [-0.2, 0) is 18.9 Å². The molecule has 0 saturated carbocycles. The van der Waals surface area contributed by atoms with E-state index in [4.69, 9.17) is 0 Å². The van der Waals surface area contributed by atoms with Crippen LogP contribution < -0.4 is 10.2 Å². The fourth-order valence-corrected chi connectivity index (χ4v) is 3.26. The third-order valence-electron chi connectivity index (χ3n) is 4.50. The van der Waals surface area contributed by atoms with Gasteiger partial charge < -0.3 is 5.32 Å². The Morgan fingerprint density at radius 1 is 1.16 bits per heavy atom. The van der Waals surface area contributed by atoms with Gasteiger partial charge in [-0.25, -0.2) is 0 Å². The van der Waals surface area contributed by atoms with Gasteiger partial charge in [-0.05, 0) is 6.42 Å². The second kappa shape index (κ2) is 6.08. The molecule has 3 aromatic rings. The lowest BCUT2D eigenvalue weighted by Crippen LogP contribution is -2.33. The molecule has 0 aliphatic carbocycles. The predicted molar refractivity (Wildman–Crippen MR) is 96.2 cm³/mol. The number of rotatable bonds is 4. The van der Waals surface area contributed by atoms with Crippen molar-refractivity contribution in [1.82, 2.24) is 19.6 Å². The van der Waals surface area contributed by atoms with E-state index in [9.17, 15) is 4.79 Å². The predicted octanol–water partition coefficient (Wildman–Crippen LogP) is 2.04. The summed E-state index contributed by atoms with van der Waals surface area (Å²) in [5, 5.41) is 12.1. The molecule has 1 N–H and O–H groups in total. The Kier molecular flexibility index (Phi) is 3.76. The fourth-order valence-electron chi connectivity index (χ4n) is 3.26. The number of carbonyl (C=O) groups excluding carboxylic acids is 1. The molecule has 7 nitrogen and oxygen atoms in total. The van der Waals surface area contributed by atoms with Gasteiger partial charge in [-0.1, -0.05) is 30.3 Å². The monoisotopic (exact) mass is 336 g/mol. The third kappa shape index (κ3) is 2.77. The first-order chi connectivity index (χ1) is 12.1. The zero-order valence-corrected chi connectivity index (χ0v) is 14.3. The molecule has 128 valence electrons. The molecule has 1 saturated heterocycles. The summed E-state index contributed by atoms with van der Waals surface area (Å²) in [6, 6.07) is 11.6. The molecule has 3 heterocycles. The third-order valence-corrected chi connectivity index (χ3v) is 4.50. The summed E-state index contributed by atoms with van der Waals surface area (Å²) in [5.41, 5.74) is 2.91. The van der Waals surface area contributed by atoms with Crippen LogP contribution in [0.15, 0.2) is 48.8 Å². The lowest BCUT2D eigenvalue weighted by Gasteiger charge is -2.16. The second-order valence-corrected chi connectivity index (χ2v) is 6.22. The minimum atomic E-state index is -0.270. The molecule has 1 fully saturated rings. The highest BCUT2D eigenvalue weighted by Gasteiger charge is 2.34. The standard InChI is InChI=1S/C18H20N6O/c1-22-10-9-16(21-22)24-11-8-14(18(24)25)20-15-12-19-23(2)17(15)13-6-4-3-5-7-13/h3-7,9-10,12,14,20H,8,11H2,1-2H3. The summed E-state index contributed by atoms with van der Waals surface area (Å²) in [5.74, 6) is 0.743. The molecule has 1 aliphatic heterocycles. The van der Waals surface area contributed by atoms with Crippen molar-refractivity contribution in [2.75, 3.05) is 16.8 Å². The Bertz CT molecular complexity index is 897. The van der Waals surface area contributed by atoms with Gasteiger partial charge in [0, 0.05) is 38.5 Å². The Balaban J connectivity index is 1.57. The van der Waals surface area contributed by atoms with E-state index in [0.29, 0.717) is 12.4 Å². The molecule has 1 aromatic carbocycles. The number of benzene rings is 1. The van der Waals surface area contributed by atoms with Crippen LogP contribution in [0.1, 0.15) is 6.42 Å². The van der Waals surface area contributed by atoms with Gasteiger partial charge in [0.25, 0.3) is 5.91 Å². The highest BCUT2D eigenvalue weighted by atomic mass is 16.2. The Hall–Kier alpha value is -3.09. The molecule has 4 rings (SSSR count). The van der Waals surface area contributed by atoms with Gasteiger partial charge in [-0.3, -0.25) is 19.1 Å². The van der Waals surface area contributed by atoms with Crippen molar-refractivity contribution in [3.8, 4) is 11.3 Å². The number of amides is 1. The van der Waals surface area contributed by atoms with Crippen molar-refractivity contribution in [2.45, 2.75) is 12.5 Å². The van der Waals surface area contributed by atoms with Crippen molar-refractivity contribution >= 4 is 17.4 Å². The summed E-state index contributed by atoms with van der Waals surface area (Å²) in [6.07, 6.45) is 4.36. The van der Waals surface area contributed by atoms with E-state index in [1.165, 1.54) is 0 Å². The van der Waals surface area contributed by atoms with Crippen LogP contribution >= 0.6 is 0 Å². The van der Waals surface area contributed by atoms with Crippen LogP contribution in [0.4, 0.5) is 11.5 Å². The number of hydrogen-bond donors (Lipinski definition) is 1. The lowest BCUT2D eigenvalue weighted by atomic mass is 10.1. The van der Waals surface area contributed by atoms with Crippen LogP contribution in [0.5, 0.6) is 0 Å². The Morgan fingerprint density at radius 2 is 1.96 bits per heavy atom. The molecular weight excluding hydrogens is 316 g/mol. The van der Waals surface area contributed by atoms with E-state index >= 15 is 0 Å². The quantitative estimate of drug-likeness (QED) is 0.792. The van der Waals surface area contributed by atoms with E-state index < -0.39 is 0 Å². The van der Waals surface area contributed by atoms with Gasteiger partial charge >= 0.3 is 0 Å². The molecule has 1 aliphatic rings. The van der Waals surface area contributed by atoms with E-state index in [1.807, 2.05) is 61.4 Å². The average Bonchev–Trinajstić information content (AvgIpc) is 3.29. The van der Waals surface area contributed by atoms with E-state index in [1.54, 1.807) is 15.8 Å². The highest BCUT2D eigenvalue weighted by Crippen LogP contribution is 2.29. The van der Waals surface area contributed by atoms with E-state index in [0.717, 1.165) is 23.4 Å². The molecule has 1 amide bonds. The summed E-state index contributed by atoms with van der Waals surface area (Å²) < 4.78 is 3.53. The Morgan fingerprint density at radius 3 is 2.68 bits per heavy atom. The van der Waals surface area contributed by atoms with Crippen molar-refractivity contribution in [1.29, 1.82) is 0 Å². The van der Waals surface area contributed by atoms with Crippen molar-refractivity contribution in [2.24, 2.45) is 14.1 Å². The molecule has 1 unspecified atom stereocenters.